The molecule has 1 N–H and O–H groups in total. The van der Waals surface area contributed by atoms with E-state index in [-0.39, 0.29) is 12.7 Å². The van der Waals surface area contributed by atoms with Crippen LogP contribution in [0.5, 0.6) is 17.2 Å². The molecule has 0 aliphatic carbocycles. The number of ether oxygens (including phenoxy) is 3. The van der Waals surface area contributed by atoms with E-state index >= 15 is 0 Å². The van der Waals surface area contributed by atoms with Gasteiger partial charge in [-0.2, -0.15) is 5.10 Å². The van der Waals surface area contributed by atoms with Gasteiger partial charge in [0.1, 0.15) is 5.75 Å². The number of carbonyl (C=O) groups is 1. The summed E-state index contributed by atoms with van der Waals surface area (Å²) >= 11 is 0. The lowest BCUT2D eigenvalue weighted by atomic mass is 10.0. The van der Waals surface area contributed by atoms with Gasteiger partial charge in [-0.25, -0.2) is 5.43 Å². The Morgan fingerprint density at radius 3 is 2.83 bits per heavy atom. The van der Waals surface area contributed by atoms with Crippen LogP contribution < -0.4 is 19.6 Å². The van der Waals surface area contributed by atoms with E-state index in [9.17, 15) is 4.79 Å². The average Bonchev–Trinajstić information content (AvgIpc) is 3.07. The zero-order valence-corrected chi connectivity index (χ0v) is 12.2. The minimum Gasteiger partial charge on any atom is -0.492 e. The van der Waals surface area contributed by atoms with Crippen LogP contribution in [0, 0.1) is 0 Å². The summed E-state index contributed by atoms with van der Waals surface area (Å²) in [6.45, 7) is 0.731. The summed E-state index contributed by atoms with van der Waals surface area (Å²) in [6, 6.07) is 12.7. The Bertz CT molecular complexity index is 801. The SMILES string of the molecule is O=C(NN=C1CCOc2ccccc21)c1ccc2c(c1)OCO2. The van der Waals surface area contributed by atoms with Crippen LogP contribution in [0.2, 0.25) is 0 Å². The number of para-hydroxylation sites is 1. The van der Waals surface area contributed by atoms with E-state index in [1.54, 1.807) is 18.2 Å². The molecule has 0 spiro atoms. The fourth-order valence-corrected chi connectivity index (χ4v) is 2.56. The van der Waals surface area contributed by atoms with Gasteiger partial charge in [0.05, 0.1) is 12.3 Å². The van der Waals surface area contributed by atoms with Crippen LogP contribution in [0.15, 0.2) is 47.6 Å². The third-order valence-electron chi connectivity index (χ3n) is 3.72. The zero-order valence-electron chi connectivity index (χ0n) is 12.2. The van der Waals surface area contributed by atoms with Gasteiger partial charge >= 0.3 is 0 Å². The molecule has 23 heavy (non-hydrogen) atoms. The van der Waals surface area contributed by atoms with Crippen molar-refractivity contribution in [3.8, 4) is 17.2 Å². The minimum absolute atomic E-state index is 0.180. The first-order valence-electron chi connectivity index (χ1n) is 7.30. The maximum atomic E-state index is 12.3. The van der Waals surface area contributed by atoms with Crippen molar-refractivity contribution in [1.29, 1.82) is 0 Å². The zero-order chi connectivity index (χ0) is 15.6. The number of hydrogen-bond donors (Lipinski definition) is 1. The third kappa shape index (κ3) is 2.59. The Kier molecular flexibility index (Phi) is 3.34. The maximum Gasteiger partial charge on any atom is 0.271 e. The number of rotatable bonds is 2. The topological polar surface area (TPSA) is 69.2 Å². The second-order valence-electron chi connectivity index (χ2n) is 5.16. The van der Waals surface area contributed by atoms with Gasteiger partial charge in [-0.1, -0.05) is 12.1 Å². The predicted molar refractivity (Wildman–Crippen MR) is 83.1 cm³/mol. The van der Waals surface area contributed by atoms with Crippen molar-refractivity contribution in [3.63, 3.8) is 0 Å². The van der Waals surface area contributed by atoms with E-state index in [2.05, 4.69) is 10.5 Å². The second-order valence-corrected chi connectivity index (χ2v) is 5.16. The first-order chi connectivity index (χ1) is 11.3. The quantitative estimate of drug-likeness (QED) is 0.864. The molecular formula is C17H14N2O4. The summed E-state index contributed by atoms with van der Waals surface area (Å²) in [5, 5.41) is 4.26. The first-order valence-corrected chi connectivity index (χ1v) is 7.30. The van der Waals surface area contributed by atoms with Gasteiger partial charge in [0.25, 0.3) is 5.91 Å². The number of hydrogen-bond acceptors (Lipinski definition) is 5. The van der Waals surface area contributed by atoms with Gasteiger partial charge in [0.2, 0.25) is 6.79 Å². The van der Waals surface area contributed by atoms with Crippen LogP contribution in [0.4, 0.5) is 0 Å². The number of fused-ring (bicyclic) bond motifs is 2. The lowest BCUT2D eigenvalue weighted by molar-refractivity contribution is 0.0954. The predicted octanol–water partition coefficient (Wildman–Crippen LogP) is 2.33. The van der Waals surface area contributed by atoms with Crippen molar-refractivity contribution < 1.29 is 19.0 Å². The highest BCUT2D eigenvalue weighted by Crippen LogP contribution is 2.32. The molecule has 2 aromatic carbocycles. The van der Waals surface area contributed by atoms with E-state index in [4.69, 9.17) is 14.2 Å². The fourth-order valence-electron chi connectivity index (χ4n) is 2.56. The Morgan fingerprint density at radius 1 is 1.00 bits per heavy atom. The Morgan fingerprint density at radius 2 is 1.87 bits per heavy atom. The lowest BCUT2D eigenvalue weighted by Gasteiger charge is -2.18. The molecule has 0 fully saturated rings. The molecule has 0 bridgehead atoms. The normalized spacial score (nSPS) is 16.6. The first kappa shape index (κ1) is 13.6. The molecule has 2 aliphatic rings. The molecule has 2 heterocycles. The van der Waals surface area contributed by atoms with Crippen molar-refractivity contribution in [2.24, 2.45) is 5.10 Å². The Hall–Kier alpha value is -3.02. The highest BCUT2D eigenvalue weighted by atomic mass is 16.7. The summed E-state index contributed by atoms with van der Waals surface area (Å²) in [5.74, 6) is 1.71. The van der Waals surface area contributed by atoms with Crippen molar-refractivity contribution in [1.82, 2.24) is 5.43 Å². The molecule has 0 saturated heterocycles. The Labute approximate surface area is 132 Å². The number of hydrazone groups is 1. The van der Waals surface area contributed by atoms with Gasteiger partial charge in [-0.05, 0) is 30.3 Å². The third-order valence-corrected chi connectivity index (χ3v) is 3.72. The molecule has 6 heteroatoms. The molecule has 2 aliphatic heterocycles. The number of amides is 1. The average molecular weight is 310 g/mol. The molecular weight excluding hydrogens is 296 g/mol. The van der Waals surface area contributed by atoms with Crippen LogP contribution in [-0.4, -0.2) is 25.0 Å². The van der Waals surface area contributed by atoms with Crippen LogP contribution >= 0.6 is 0 Å². The van der Waals surface area contributed by atoms with Gasteiger partial charge < -0.3 is 14.2 Å². The molecule has 0 aromatic heterocycles. The number of nitrogens with one attached hydrogen (secondary N) is 1. The molecule has 1 amide bonds. The summed E-state index contributed by atoms with van der Waals surface area (Å²) < 4.78 is 16.1. The molecule has 116 valence electrons. The van der Waals surface area contributed by atoms with Gasteiger partial charge in [-0.3, -0.25) is 4.79 Å². The Balaban J connectivity index is 1.54. The fraction of sp³-hybridized carbons (Fsp3) is 0.176. The van der Waals surface area contributed by atoms with Gasteiger partial charge in [0.15, 0.2) is 11.5 Å². The van der Waals surface area contributed by atoms with Crippen LogP contribution in [0.25, 0.3) is 0 Å². The summed E-state index contributed by atoms with van der Waals surface area (Å²) in [5.41, 5.74) is 4.78. The summed E-state index contributed by atoms with van der Waals surface area (Å²) in [7, 11) is 0. The molecule has 0 atom stereocenters. The second kappa shape index (κ2) is 5.64. The molecule has 0 unspecified atom stereocenters. The molecule has 0 saturated carbocycles. The molecule has 4 rings (SSSR count). The van der Waals surface area contributed by atoms with Crippen molar-refractivity contribution >= 4 is 11.6 Å². The summed E-state index contributed by atoms with van der Waals surface area (Å²) in [6.07, 6.45) is 0.651. The minimum atomic E-state index is -0.292. The lowest BCUT2D eigenvalue weighted by Crippen LogP contribution is -2.23. The van der Waals surface area contributed by atoms with E-state index in [0.717, 1.165) is 17.0 Å². The van der Waals surface area contributed by atoms with Crippen LogP contribution in [0.3, 0.4) is 0 Å². The molecule has 2 aromatic rings. The standard InChI is InChI=1S/C17H14N2O4/c20-17(11-5-6-15-16(9-11)23-10-22-15)19-18-13-7-8-21-14-4-2-1-3-12(13)14/h1-6,9H,7-8,10H2,(H,19,20). The van der Waals surface area contributed by atoms with Crippen LogP contribution in [0.1, 0.15) is 22.3 Å². The number of carbonyl (C=O) groups excluding carboxylic acids is 1. The highest BCUT2D eigenvalue weighted by Gasteiger charge is 2.18. The highest BCUT2D eigenvalue weighted by molar-refractivity contribution is 6.05. The number of nitrogens with zero attached hydrogens (tertiary/aromatic N) is 1. The van der Waals surface area contributed by atoms with Crippen molar-refractivity contribution in [3.05, 3.63) is 53.6 Å². The monoisotopic (exact) mass is 310 g/mol. The van der Waals surface area contributed by atoms with Gasteiger partial charge in [-0.15, -0.1) is 0 Å². The van der Waals surface area contributed by atoms with Gasteiger partial charge in [0, 0.05) is 17.5 Å². The molecule has 6 nitrogen and oxygen atoms in total. The summed E-state index contributed by atoms with van der Waals surface area (Å²) in [4.78, 5) is 12.3. The smallest absolute Gasteiger partial charge is 0.271 e. The van der Waals surface area contributed by atoms with Crippen molar-refractivity contribution in [2.45, 2.75) is 6.42 Å². The van der Waals surface area contributed by atoms with E-state index in [1.807, 2.05) is 24.3 Å². The van der Waals surface area contributed by atoms with E-state index in [0.29, 0.717) is 30.1 Å². The van der Waals surface area contributed by atoms with Crippen molar-refractivity contribution in [2.75, 3.05) is 13.4 Å². The van der Waals surface area contributed by atoms with E-state index in [1.165, 1.54) is 0 Å². The maximum absolute atomic E-state index is 12.3. The van der Waals surface area contributed by atoms with Crippen LogP contribution in [-0.2, 0) is 0 Å². The van der Waals surface area contributed by atoms with E-state index < -0.39 is 0 Å². The number of benzene rings is 2. The molecule has 0 radical (unpaired) electrons. The largest absolute Gasteiger partial charge is 0.492 e.